The van der Waals surface area contributed by atoms with Gasteiger partial charge in [-0.3, -0.25) is 0 Å². The summed E-state index contributed by atoms with van der Waals surface area (Å²) < 4.78 is 58.8. The number of ether oxygens (including phenoxy) is 1. The number of amides is 3. The van der Waals surface area contributed by atoms with Crippen LogP contribution < -0.4 is 15.5 Å². The number of cyclic esters (lactones) is 1. The highest BCUT2D eigenvalue weighted by molar-refractivity contribution is 5.92. The van der Waals surface area contributed by atoms with E-state index in [1.54, 1.807) is 0 Å². The number of rotatable bonds is 6. The molecule has 0 radical (unpaired) electrons. The van der Waals surface area contributed by atoms with E-state index in [1.165, 1.54) is 18.2 Å². The lowest BCUT2D eigenvalue weighted by molar-refractivity contribution is 0.158. The van der Waals surface area contributed by atoms with Gasteiger partial charge in [-0.1, -0.05) is 6.07 Å². The second kappa shape index (κ2) is 10.3. The quantitative estimate of drug-likeness (QED) is 0.487. The molecule has 2 aliphatic heterocycles. The first-order valence-electron chi connectivity index (χ1n) is 11.0. The molecule has 2 aromatic rings. The first kappa shape index (κ1) is 23.8. The van der Waals surface area contributed by atoms with E-state index in [0.717, 1.165) is 35.9 Å². The minimum absolute atomic E-state index is 0.150. The van der Waals surface area contributed by atoms with Gasteiger partial charge in [-0.25, -0.2) is 32.1 Å². The van der Waals surface area contributed by atoms with Crippen LogP contribution in [-0.2, 0) is 4.74 Å². The molecule has 3 amide bonds. The summed E-state index contributed by atoms with van der Waals surface area (Å²) in [6.45, 7) is 1.70. The third kappa shape index (κ3) is 5.24. The van der Waals surface area contributed by atoms with Crippen molar-refractivity contribution in [1.29, 1.82) is 0 Å². The van der Waals surface area contributed by atoms with Crippen LogP contribution in [0.2, 0.25) is 0 Å². The summed E-state index contributed by atoms with van der Waals surface area (Å²) in [7, 11) is 0. The van der Waals surface area contributed by atoms with Crippen LogP contribution in [0.4, 0.5) is 32.8 Å². The Morgan fingerprint density at radius 2 is 1.74 bits per heavy atom. The molecule has 182 valence electrons. The molecule has 2 saturated heterocycles. The summed E-state index contributed by atoms with van der Waals surface area (Å²) in [5.41, 5.74) is 0.627. The number of halogens is 4. The zero-order chi connectivity index (χ0) is 24.2. The van der Waals surface area contributed by atoms with Crippen LogP contribution >= 0.6 is 0 Å². The summed E-state index contributed by atoms with van der Waals surface area (Å²) in [5, 5.41) is 5.94. The molecule has 7 nitrogen and oxygen atoms in total. The van der Waals surface area contributed by atoms with Gasteiger partial charge in [0, 0.05) is 38.3 Å². The summed E-state index contributed by atoms with van der Waals surface area (Å²) in [6, 6.07) is 5.32. The van der Waals surface area contributed by atoms with Gasteiger partial charge >= 0.3 is 12.1 Å². The fourth-order valence-corrected chi connectivity index (χ4v) is 4.20. The van der Waals surface area contributed by atoms with E-state index in [9.17, 15) is 27.2 Å². The van der Waals surface area contributed by atoms with Gasteiger partial charge in [0.1, 0.15) is 24.3 Å². The molecular formula is C23H24F4N4O3. The third-order valence-electron chi connectivity index (χ3n) is 6.00. The monoisotopic (exact) mass is 480 g/mol. The van der Waals surface area contributed by atoms with Crippen molar-refractivity contribution in [3.8, 4) is 0 Å². The van der Waals surface area contributed by atoms with E-state index < -0.39 is 41.4 Å². The molecule has 2 fully saturated rings. The fourth-order valence-electron chi connectivity index (χ4n) is 4.20. The lowest BCUT2D eigenvalue weighted by Crippen LogP contribution is -2.47. The zero-order valence-corrected chi connectivity index (χ0v) is 18.2. The highest BCUT2D eigenvalue weighted by atomic mass is 19.2. The summed E-state index contributed by atoms with van der Waals surface area (Å²) in [4.78, 5) is 27.3. The van der Waals surface area contributed by atoms with Crippen molar-refractivity contribution in [2.24, 2.45) is 0 Å². The van der Waals surface area contributed by atoms with Crippen molar-refractivity contribution in [2.45, 2.75) is 24.9 Å². The van der Waals surface area contributed by atoms with E-state index in [0.29, 0.717) is 25.3 Å². The maximum atomic E-state index is 14.0. The SMILES string of the molecule is O=C(NCCNC1CCN(c2ccc(F)cc2F)CC1)N1C(=O)OC[C@@H]1c1ccc(F)c(F)c1. The number of nitrogens with zero attached hydrogens (tertiary/aromatic N) is 2. The van der Waals surface area contributed by atoms with Gasteiger partial charge in [0.25, 0.3) is 0 Å². The number of urea groups is 1. The molecule has 2 aromatic carbocycles. The first-order valence-corrected chi connectivity index (χ1v) is 11.0. The number of hydrogen-bond donors (Lipinski definition) is 2. The molecular weight excluding hydrogens is 456 g/mol. The Morgan fingerprint density at radius 3 is 2.44 bits per heavy atom. The number of carbonyl (C=O) groups is 2. The van der Waals surface area contributed by atoms with Crippen LogP contribution in [0.3, 0.4) is 0 Å². The smallest absolute Gasteiger partial charge is 0.418 e. The molecule has 0 aliphatic carbocycles. The predicted octanol–water partition coefficient (Wildman–Crippen LogP) is 3.70. The summed E-state index contributed by atoms with van der Waals surface area (Å²) in [5.74, 6) is -3.30. The highest BCUT2D eigenvalue weighted by Gasteiger charge is 2.39. The molecule has 0 unspecified atom stereocenters. The van der Waals surface area contributed by atoms with Crippen LogP contribution in [0.5, 0.6) is 0 Å². The Labute approximate surface area is 193 Å². The van der Waals surface area contributed by atoms with Crippen LogP contribution in [-0.4, -0.2) is 55.9 Å². The molecule has 2 N–H and O–H groups in total. The maximum Gasteiger partial charge on any atom is 0.418 e. The molecule has 1 atom stereocenters. The van der Waals surface area contributed by atoms with E-state index in [-0.39, 0.29) is 24.8 Å². The molecule has 2 heterocycles. The first-order chi connectivity index (χ1) is 16.3. The van der Waals surface area contributed by atoms with E-state index in [1.807, 2.05) is 4.90 Å². The Kier molecular flexibility index (Phi) is 7.20. The molecule has 2 aliphatic rings. The molecule has 4 rings (SSSR count). The van der Waals surface area contributed by atoms with Crippen molar-refractivity contribution in [1.82, 2.24) is 15.5 Å². The third-order valence-corrected chi connectivity index (χ3v) is 6.00. The molecule has 0 spiro atoms. The average Bonchev–Trinajstić information content (AvgIpc) is 3.20. The van der Waals surface area contributed by atoms with E-state index >= 15 is 0 Å². The van der Waals surface area contributed by atoms with Gasteiger partial charge in [-0.15, -0.1) is 0 Å². The number of imide groups is 1. The van der Waals surface area contributed by atoms with Gasteiger partial charge in [0.2, 0.25) is 0 Å². The molecule has 0 saturated carbocycles. The fraction of sp³-hybridized carbons (Fsp3) is 0.391. The molecule has 0 aromatic heterocycles. The van der Waals surface area contributed by atoms with Gasteiger partial charge in [-0.2, -0.15) is 0 Å². The Morgan fingerprint density at radius 1 is 0.971 bits per heavy atom. The maximum absolute atomic E-state index is 14.0. The number of nitrogens with one attached hydrogen (secondary N) is 2. The van der Waals surface area contributed by atoms with E-state index in [2.05, 4.69) is 10.6 Å². The zero-order valence-electron chi connectivity index (χ0n) is 18.2. The van der Waals surface area contributed by atoms with Crippen LogP contribution in [0.15, 0.2) is 36.4 Å². The summed E-state index contributed by atoms with van der Waals surface area (Å²) in [6.07, 6.45) is 0.614. The van der Waals surface area contributed by atoms with Crippen LogP contribution in [0.25, 0.3) is 0 Å². The molecule has 34 heavy (non-hydrogen) atoms. The average molecular weight is 480 g/mol. The van der Waals surface area contributed by atoms with Crippen LogP contribution in [0, 0.1) is 23.3 Å². The topological polar surface area (TPSA) is 73.9 Å². The van der Waals surface area contributed by atoms with Gasteiger partial charge < -0.3 is 20.3 Å². The molecule has 11 heteroatoms. The number of benzene rings is 2. The van der Waals surface area contributed by atoms with Gasteiger partial charge in [0.15, 0.2) is 11.6 Å². The van der Waals surface area contributed by atoms with Crippen molar-refractivity contribution >= 4 is 17.8 Å². The number of anilines is 1. The van der Waals surface area contributed by atoms with Gasteiger partial charge in [-0.05, 0) is 42.7 Å². The second-order valence-electron chi connectivity index (χ2n) is 8.18. The highest BCUT2D eigenvalue weighted by Crippen LogP contribution is 2.29. The van der Waals surface area contributed by atoms with Gasteiger partial charge in [0.05, 0.1) is 5.69 Å². The van der Waals surface area contributed by atoms with Crippen molar-refractivity contribution in [2.75, 3.05) is 37.7 Å². The van der Waals surface area contributed by atoms with Crippen molar-refractivity contribution in [3.05, 3.63) is 65.2 Å². The Hall–Kier alpha value is -3.34. The second-order valence-corrected chi connectivity index (χ2v) is 8.18. The summed E-state index contributed by atoms with van der Waals surface area (Å²) >= 11 is 0. The van der Waals surface area contributed by atoms with Crippen LogP contribution in [0.1, 0.15) is 24.4 Å². The molecule has 0 bridgehead atoms. The Bertz CT molecular complexity index is 1060. The Balaban J connectivity index is 1.22. The van der Waals surface area contributed by atoms with Crippen molar-refractivity contribution < 1.29 is 31.9 Å². The lowest BCUT2D eigenvalue weighted by Gasteiger charge is -2.34. The largest absolute Gasteiger partial charge is 0.446 e. The minimum Gasteiger partial charge on any atom is -0.446 e. The van der Waals surface area contributed by atoms with E-state index in [4.69, 9.17) is 4.74 Å². The lowest BCUT2D eigenvalue weighted by atomic mass is 10.0. The minimum atomic E-state index is -1.07. The number of carbonyl (C=O) groups excluding carboxylic acids is 2. The number of piperidine rings is 1. The van der Waals surface area contributed by atoms with Crippen molar-refractivity contribution in [3.63, 3.8) is 0 Å². The standard InChI is InChI=1S/C23H24F4N4O3/c24-15-2-4-20(19(27)12-15)30-9-5-16(6-10-30)28-7-8-29-22(32)31-21(13-34-23(31)33)14-1-3-17(25)18(26)11-14/h1-4,11-12,16,21,28H,5-10,13H2,(H,29,32)/t21-/m1/s1. The predicted molar refractivity (Wildman–Crippen MR) is 115 cm³/mol. The number of hydrogen-bond acceptors (Lipinski definition) is 5. The normalized spacial score (nSPS) is 18.8.